The van der Waals surface area contributed by atoms with Gasteiger partial charge in [0.05, 0.1) is 13.2 Å². The number of ether oxygens (including phenoxy) is 2. The largest absolute Gasteiger partial charge is 0.472 e. The van der Waals surface area contributed by atoms with Crippen LogP contribution >= 0.6 is 7.82 Å². The predicted octanol–water partition coefficient (Wildman–Crippen LogP) is 12.8. The molecule has 0 aromatic rings. The highest BCUT2D eigenvalue weighted by Gasteiger charge is 2.51. The van der Waals surface area contributed by atoms with Crippen LogP contribution in [0, 0.1) is 0 Å². The lowest BCUT2D eigenvalue weighted by Crippen LogP contribution is -2.64. The van der Waals surface area contributed by atoms with Crippen LogP contribution in [-0.4, -0.2) is 98.9 Å². The minimum absolute atomic E-state index is 0.108. The van der Waals surface area contributed by atoms with E-state index in [-0.39, 0.29) is 13.0 Å². The lowest BCUT2D eigenvalue weighted by Gasteiger charge is -2.41. The number of allylic oxidation sites excluding steroid dienone is 22. The maximum atomic E-state index is 12.9. The van der Waals surface area contributed by atoms with Crippen molar-refractivity contribution in [2.24, 2.45) is 0 Å². The predicted molar refractivity (Wildman–Crippen MR) is 294 cm³/mol. The molecule has 0 aliphatic heterocycles. The second-order valence-corrected chi connectivity index (χ2v) is 19.4. The summed E-state index contributed by atoms with van der Waals surface area (Å²) in [5.74, 6) is -0.513. The molecule has 408 valence electrons. The highest BCUT2D eigenvalue weighted by molar-refractivity contribution is 7.47. The van der Waals surface area contributed by atoms with Gasteiger partial charge in [-0.25, -0.2) is 4.57 Å². The van der Waals surface area contributed by atoms with E-state index >= 15 is 0 Å². The zero-order valence-electron chi connectivity index (χ0n) is 43.9. The Hall–Kier alpha value is -3.52. The molecule has 13 heteroatoms. The number of hydrogen-bond acceptors (Lipinski definition) is 11. The second-order valence-electron chi connectivity index (χ2n) is 18.0. The molecule has 1 rings (SSSR count). The van der Waals surface area contributed by atoms with Gasteiger partial charge in [0.15, 0.2) is 0 Å². The fourth-order valence-electron chi connectivity index (χ4n) is 7.33. The fraction of sp³-hybridized carbons (Fsp3) is 0.610. The molecular weight excluding hydrogens is 932 g/mol. The van der Waals surface area contributed by atoms with E-state index in [0.29, 0.717) is 13.0 Å². The smallest absolute Gasteiger partial charge is 0.457 e. The standard InChI is InChI=1S/C59H95O12P/c1-3-5-7-9-11-13-15-17-19-21-23-25-27-28-30-32-34-36-38-40-42-44-46-48-53(60)70-52(51-69-72(66,67)71-59-57(64)55(62)54(61)56(63)58(59)65)50-68-49-47-45-43-41-39-37-35-33-31-29-26-24-22-20-18-16-14-12-10-8-6-4-2/h5-8,11-14,17-20,23-26,28,30-31,33-34,36,52,54-59,61-65H,3-4,9-10,15-16,21-22,27,29,32,35,37-51H2,1-2H3,(H,66,67)/b7-5-,8-6-,13-11-,14-12-,19-17-,20-18-,25-23-,26-24-,30-28-,33-31-,36-34-. The fourth-order valence-corrected chi connectivity index (χ4v) is 8.30. The van der Waals surface area contributed by atoms with Crippen molar-refractivity contribution in [3.05, 3.63) is 134 Å². The number of esters is 1. The highest BCUT2D eigenvalue weighted by atomic mass is 31.2. The summed E-state index contributed by atoms with van der Waals surface area (Å²) >= 11 is 0. The van der Waals surface area contributed by atoms with Gasteiger partial charge < -0.3 is 39.9 Å². The number of aliphatic hydroxyl groups is 5. The summed E-state index contributed by atoms with van der Waals surface area (Å²) in [4.78, 5) is 23.3. The van der Waals surface area contributed by atoms with Gasteiger partial charge in [-0.1, -0.05) is 186 Å². The van der Waals surface area contributed by atoms with Crippen molar-refractivity contribution < 1.29 is 58.3 Å². The Balaban J connectivity index is 2.38. The van der Waals surface area contributed by atoms with E-state index in [0.717, 1.165) is 141 Å². The van der Waals surface area contributed by atoms with Crippen molar-refractivity contribution in [1.82, 2.24) is 0 Å². The van der Waals surface area contributed by atoms with E-state index in [2.05, 4.69) is 148 Å². The summed E-state index contributed by atoms with van der Waals surface area (Å²) in [5.41, 5.74) is 0. The number of rotatable bonds is 44. The number of phosphoric acid groups is 1. The third-order valence-corrected chi connectivity index (χ3v) is 12.5. The Kier molecular flexibility index (Phi) is 43.6. The molecule has 1 aliphatic rings. The molecule has 0 spiro atoms. The summed E-state index contributed by atoms with van der Waals surface area (Å²) in [7, 11) is -5.05. The highest BCUT2D eigenvalue weighted by Crippen LogP contribution is 2.47. The molecule has 72 heavy (non-hydrogen) atoms. The molecule has 6 unspecified atom stereocenters. The molecular formula is C59H95O12P. The first-order valence-corrected chi connectivity index (χ1v) is 28.5. The van der Waals surface area contributed by atoms with E-state index in [9.17, 15) is 39.8 Å². The Labute approximate surface area is 434 Å². The van der Waals surface area contributed by atoms with Crippen LogP contribution in [0.15, 0.2) is 134 Å². The van der Waals surface area contributed by atoms with Crippen molar-refractivity contribution in [3.8, 4) is 0 Å². The van der Waals surface area contributed by atoms with Crippen LogP contribution in [0.1, 0.15) is 168 Å². The summed E-state index contributed by atoms with van der Waals surface area (Å²) in [6.07, 6.45) is 57.9. The normalized spacial score (nSPS) is 21.7. The summed E-state index contributed by atoms with van der Waals surface area (Å²) < 4.78 is 34.3. The van der Waals surface area contributed by atoms with Gasteiger partial charge in [0.1, 0.15) is 42.7 Å². The Morgan fingerprint density at radius 2 is 0.778 bits per heavy atom. The van der Waals surface area contributed by atoms with Crippen molar-refractivity contribution in [2.75, 3.05) is 19.8 Å². The van der Waals surface area contributed by atoms with Crippen molar-refractivity contribution in [2.45, 2.75) is 211 Å². The molecule has 0 heterocycles. The zero-order valence-corrected chi connectivity index (χ0v) is 44.8. The first-order valence-electron chi connectivity index (χ1n) is 27.0. The monoisotopic (exact) mass is 1030 g/mol. The van der Waals surface area contributed by atoms with E-state index < -0.39 is 63.1 Å². The minimum atomic E-state index is -5.05. The molecule has 1 aliphatic carbocycles. The zero-order chi connectivity index (χ0) is 52.6. The van der Waals surface area contributed by atoms with E-state index in [4.69, 9.17) is 18.5 Å². The van der Waals surface area contributed by atoms with Crippen molar-refractivity contribution >= 4 is 13.8 Å². The first-order chi connectivity index (χ1) is 35.0. The summed E-state index contributed by atoms with van der Waals surface area (Å²) in [6.45, 7) is 3.96. The molecule has 1 saturated carbocycles. The maximum absolute atomic E-state index is 12.9. The van der Waals surface area contributed by atoms with Gasteiger partial charge in [-0.2, -0.15) is 0 Å². The molecule has 0 aromatic carbocycles. The van der Waals surface area contributed by atoms with Gasteiger partial charge in [-0.3, -0.25) is 13.8 Å². The number of aliphatic hydroxyl groups excluding tert-OH is 5. The van der Waals surface area contributed by atoms with Gasteiger partial charge in [0.25, 0.3) is 0 Å². The van der Waals surface area contributed by atoms with Crippen molar-refractivity contribution in [1.29, 1.82) is 0 Å². The Morgan fingerprint density at radius 1 is 0.444 bits per heavy atom. The van der Waals surface area contributed by atoms with Gasteiger partial charge in [0.2, 0.25) is 0 Å². The van der Waals surface area contributed by atoms with Crippen molar-refractivity contribution in [3.63, 3.8) is 0 Å². The molecule has 0 bridgehead atoms. The number of phosphoric ester groups is 1. The average Bonchev–Trinajstić information content (AvgIpc) is 3.37. The number of carbonyl (C=O) groups is 1. The third-order valence-electron chi connectivity index (χ3n) is 11.5. The molecule has 6 atom stereocenters. The first kappa shape index (κ1) is 66.5. The Morgan fingerprint density at radius 3 is 1.18 bits per heavy atom. The van der Waals surface area contributed by atoms with Gasteiger partial charge in [-0.05, 0) is 109 Å². The minimum Gasteiger partial charge on any atom is -0.457 e. The van der Waals surface area contributed by atoms with Crippen LogP contribution in [0.25, 0.3) is 0 Å². The molecule has 0 amide bonds. The summed E-state index contributed by atoms with van der Waals surface area (Å²) in [6, 6.07) is 0. The lowest BCUT2D eigenvalue weighted by molar-refractivity contribution is -0.220. The van der Waals surface area contributed by atoms with Gasteiger partial charge >= 0.3 is 13.8 Å². The van der Waals surface area contributed by atoms with E-state index in [1.807, 2.05) is 0 Å². The second kappa shape index (κ2) is 47.2. The van der Waals surface area contributed by atoms with Crippen LogP contribution in [0.3, 0.4) is 0 Å². The van der Waals surface area contributed by atoms with E-state index in [1.165, 1.54) is 0 Å². The van der Waals surface area contributed by atoms with E-state index in [1.54, 1.807) is 0 Å². The van der Waals surface area contributed by atoms with Gasteiger partial charge in [-0.15, -0.1) is 0 Å². The van der Waals surface area contributed by atoms with Crippen LogP contribution in [-0.2, 0) is 27.9 Å². The number of carbonyl (C=O) groups excluding carboxylic acids is 1. The molecule has 6 N–H and O–H groups in total. The lowest BCUT2D eigenvalue weighted by atomic mass is 9.85. The SMILES string of the molecule is CC/C=C\C/C=C\C/C=C\C/C=C\C/C=C\C/C=C\CCCCCCC(=O)OC(COCCCCCCCC/C=C\C/C=C\C/C=C\C/C=C\C/C=C\CC)COP(=O)(O)OC1C(O)C(O)C(O)C(O)C1O. The van der Waals surface area contributed by atoms with Crippen LogP contribution in [0.2, 0.25) is 0 Å². The third kappa shape index (κ3) is 38.1. The maximum Gasteiger partial charge on any atom is 0.472 e. The topological polar surface area (TPSA) is 192 Å². The Bertz CT molecular complexity index is 1690. The molecule has 0 saturated heterocycles. The molecule has 0 radical (unpaired) electrons. The summed E-state index contributed by atoms with van der Waals surface area (Å²) in [5, 5.41) is 50.4. The van der Waals surface area contributed by atoms with Crippen LogP contribution < -0.4 is 0 Å². The number of unbranched alkanes of at least 4 members (excludes halogenated alkanes) is 10. The average molecular weight is 1030 g/mol. The molecule has 12 nitrogen and oxygen atoms in total. The quantitative estimate of drug-likeness (QED) is 0.0147. The molecule has 1 fully saturated rings. The van der Waals surface area contributed by atoms with Crippen LogP contribution in [0.4, 0.5) is 0 Å². The number of hydrogen-bond donors (Lipinski definition) is 6. The van der Waals surface area contributed by atoms with Crippen LogP contribution in [0.5, 0.6) is 0 Å². The molecule has 0 aromatic heterocycles. The van der Waals surface area contributed by atoms with Gasteiger partial charge in [0, 0.05) is 13.0 Å².